The van der Waals surface area contributed by atoms with E-state index < -0.39 is 11.6 Å². The van der Waals surface area contributed by atoms with E-state index in [-0.39, 0.29) is 5.69 Å². The molecule has 1 heterocycles. The van der Waals surface area contributed by atoms with E-state index >= 15 is 0 Å². The molecule has 142 valence electrons. The molecule has 0 fully saturated rings. The van der Waals surface area contributed by atoms with Crippen molar-refractivity contribution in [3.8, 4) is 17.0 Å². The molecular formula is C21H20N4O3. The summed E-state index contributed by atoms with van der Waals surface area (Å²) >= 11 is 0. The van der Waals surface area contributed by atoms with Crippen molar-refractivity contribution in [1.29, 1.82) is 0 Å². The average molecular weight is 376 g/mol. The van der Waals surface area contributed by atoms with E-state index in [1.807, 2.05) is 61.5 Å². The number of H-pyrrole nitrogens is 1. The molecule has 7 nitrogen and oxygen atoms in total. The molecule has 1 amide bonds. The third-order valence-electron chi connectivity index (χ3n) is 3.79. The summed E-state index contributed by atoms with van der Waals surface area (Å²) in [7, 11) is 0. The molecule has 2 aromatic carbocycles. The molecule has 7 heteroatoms. The fraction of sp³-hybridized carbons (Fsp3) is 0.143. The van der Waals surface area contributed by atoms with E-state index in [4.69, 9.17) is 4.74 Å². The second-order valence-electron chi connectivity index (χ2n) is 5.97. The first kappa shape index (κ1) is 19.0. The van der Waals surface area contributed by atoms with Gasteiger partial charge in [0.05, 0.1) is 18.5 Å². The predicted octanol–water partition coefficient (Wildman–Crippen LogP) is 2.99. The van der Waals surface area contributed by atoms with E-state index in [0.29, 0.717) is 12.3 Å². The number of ether oxygens (including phenoxy) is 1. The Kier molecular flexibility index (Phi) is 6.30. The lowest BCUT2D eigenvalue weighted by atomic mass is 10.1. The van der Waals surface area contributed by atoms with Crippen LogP contribution in [0, 0.1) is 0 Å². The van der Waals surface area contributed by atoms with Gasteiger partial charge in [0.2, 0.25) is 0 Å². The zero-order valence-electron chi connectivity index (χ0n) is 15.4. The molecule has 1 aromatic heterocycles. The zero-order valence-corrected chi connectivity index (χ0v) is 15.4. The summed E-state index contributed by atoms with van der Waals surface area (Å²) in [6.07, 6.45) is 2.46. The summed E-state index contributed by atoms with van der Waals surface area (Å²) in [5, 5.41) is 3.93. The Morgan fingerprint density at radius 1 is 1.18 bits per heavy atom. The van der Waals surface area contributed by atoms with Gasteiger partial charge in [-0.2, -0.15) is 10.1 Å². The molecule has 3 rings (SSSR count). The minimum Gasteiger partial charge on any atom is -0.494 e. The van der Waals surface area contributed by atoms with Crippen molar-refractivity contribution in [2.45, 2.75) is 13.3 Å². The van der Waals surface area contributed by atoms with E-state index in [2.05, 4.69) is 20.5 Å². The normalized spacial score (nSPS) is 10.8. The maximum absolute atomic E-state index is 12.3. The molecular weight excluding hydrogens is 356 g/mol. The van der Waals surface area contributed by atoms with Crippen LogP contribution in [0.2, 0.25) is 0 Å². The summed E-state index contributed by atoms with van der Waals surface area (Å²) in [6.45, 7) is 2.71. The summed E-state index contributed by atoms with van der Waals surface area (Å²) in [5.74, 6) is 0.252. The summed E-state index contributed by atoms with van der Waals surface area (Å²) in [6, 6.07) is 18.0. The zero-order chi connectivity index (χ0) is 19.8. The van der Waals surface area contributed by atoms with Crippen LogP contribution in [0.4, 0.5) is 0 Å². The number of nitrogens with one attached hydrogen (secondary N) is 2. The Labute approximate surface area is 162 Å². The number of aromatic amines is 1. The van der Waals surface area contributed by atoms with Crippen LogP contribution in [0.15, 0.2) is 70.6 Å². The van der Waals surface area contributed by atoms with E-state index in [1.165, 1.54) is 12.3 Å². The van der Waals surface area contributed by atoms with Crippen LogP contribution < -0.4 is 15.9 Å². The highest BCUT2D eigenvalue weighted by molar-refractivity contribution is 5.93. The third-order valence-corrected chi connectivity index (χ3v) is 3.79. The minimum absolute atomic E-state index is 0.0827. The fourth-order valence-corrected chi connectivity index (χ4v) is 2.43. The second kappa shape index (κ2) is 9.27. The van der Waals surface area contributed by atoms with Gasteiger partial charge < -0.3 is 9.72 Å². The largest absolute Gasteiger partial charge is 0.494 e. The first-order chi connectivity index (χ1) is 13.7. The molecule has 0 bridgehead atoms. The highest BCUT2D eigenvalue weighted by Gasteiger charge is 2.09. The van der Waals surface area contributed by atoms with Crippen molar-refractivity contribution in [3.05, 3.63) is 82.4 Å². The van der Waals surface area contributed by atoms with Crippen molar-refractivity contribution in [3.63, 3.8) is 0 Å². The smallest absolute Gasteiger partial charge is 0.346 e. The van der Waals surface area contributed by atoms with Crippen molar-refractivity contribution in [2.24, 2.45) is 5.10 Å². The van der Waals surface area contributed by atoms with Crippen LogP contribution in [0.1, 0.15) is 29.4 Å². The Morgan fingerprint density at radius 3 is 2.64 bits per heavy atom. The Hall–Kier alpha value is -3.74. The molecule has 0 aliphatic carbocycles. The van der Waals surface area contributed by atoms with Crippen LogP contribution in [-0.2, 0) is 0 Å². The standard InChI is InChI=1S/C21H20N4O3/c1-2-12-28-17-10-8-15(9-11-17)14-22-25-20(26)19-13-18(23-21(27)24-19)16-6-4-3-5-7-16/h3-11,13-14H,2,12H2,1H3,(H,25,26)(H,23,24,27)/b22-14+. The number of hydrogen-bond acceptors (Lipinski definition) is 5. The van der Waals surface area contributed by atoms with Gasteiger partial charge in [-0.05, 0) is 42.3 Å². The molecule has 0 saturated heterocycles. The van der Waals surface area contributed by atoms with Gasteiger partial charge in [-0.25, -0.2) is 10.2 Å². The molecule has 0 saturated carbocycles. The molecule has 0 aliphatic heterocycles. The van der Waals surface area contributed by atoms with Gasteiger partial charge in [0.15, 0.2) is 0 Å². The fourth-order valence-electron chi connectivity index (χ4n) is 2.43. The number of benzene rings is 2. The lowest BCUT2D eigenvalue weighted by molar-refractivity contribution is 0.0949. The third kappa shape index (κ3) is 5.14. The first-order valence-corrected chi connectivity index (χ1v) is 8.89. The van der Waals surface area contributed by atoms with Crippen LogP contribution in [0.25, 0.3) is 11.3 Å². The SMILES string of the molecule is CCCOc1ccc(/C=N/NC(=O)c2cc(-c3ccccc3)nc(=O)[nH]2)cc1. The predicted molar refractivity (Wildman–Crippen MR) is 108 cm³/mol. The van der Waals surface area contributed by atoms with Gasteiger partial charge in [-0.1, -0.05) is 37.3 Å². The van der Waals surface area contributed by atoms with Crippen molar-refractivity contribution >= 4 is 12.1 Å². The van der Waals surface area contributed by atoms with Crippen LogP contribution >= 0.6 is 0 Å². The maximum Gasteiger partial charge on any atom is 0.346 e. The van der Waals surface area contributed by atoms with Crippen molar-refractivity contribution in [1.82, 2.24) is 15.4 Å². The van der Waals surface area contributed by atoms with E-state index in [1.54, 1.807) is 0 Å². The molecule has 0 spiro atoms. The molecule has 0 unspecified atom stereocenters. The molecule has 0 radical (unpaired) electrons. The summed E-state index contributed by atoms with van der Waals surface area (Å²) in [5.41, 5.74) is 3.85. The summed E-state index contributed by atoms with van der Waals surface area (Å²) in [4.78, 5) is 30.4. The number of nitrogens with zero attached hydrogens (tertiary/aromatic N) is 2. The van der Waals surface area contributed by atoms with Gasteiger partial charge >= 0.3 is 5.69 Å². The molecule has 28 heavy (non-hydrogen) atoms. The minimum atomic E-state index is -0.599. The van der Waals surface area contributed by atoms with E-state index in [0.717, 1.165) is 23.3 Å². The molecule has 2 N–H and O–H groups in total. The quantitative estimate of drug-likeness (QED) is 0.489. The van der Waals surface area contributed by atoms with Crippen LogP contribution in [0.5, 0.6) is 5.75 Å². The van der Waals surface area contributed by atoms with Crippen molar-refractivity contribution < 1.29 is 9.53 Å². The van der Waals surface area contributed by atoms with Gasteiger partial charge in [-0.15, -0.1) is 0 Å². The number of aromatic nitrogens is 2. The number of hydrazone groups is 1. The lowest BCUT2D eigenvalue weighted by Gasteiger charge is -2.04. The average Bonchev–Trinajstić information content (AvgIpc) is 2.73. The number of hydrogen-bond donors (Lipinski definition) is 2. The Morgan fingerprint density at radius 2 is 1.93 bits per heavy atom. The van der Waals surface area contributed by atoms with Crippen LogP contribution in [0.3, 0.4) is 0 Å². The van der Waals surface area contributed by atoms with Crippen LogP contribution in [-0.4, -0.2) is 28.7 Å². The van der Waals surface area contributed by atoms with Gasteiger partial charge in [0, 0.05) is 5.56 Å². The van der Waals surface area contributed by atoms with Gasteiger partial charge in [-0.3, -0.25) is 4.79 Å². The lowest BCUT2D eigenvalue weighted by Crippen LogP contribution is -2.24. The number of rotatable bonds is 7. The highest BCUT2D eigenvalue weighted by atomic mass is 16.5. The van der Waals surface area contributed by atoms with E-state index in [9.17, 15) is 9.59 Å². The van der Waals surface area contributed by atoms with Gasteiger partial charge in [0.25, 0.3) is 5.91 Å². The topological polar surface area (TPSA) is 96.4 Å². The molecule has 0 aliphatic rings. The number of carbonyl (C=O) groups is 1. The van der Waals surface area contributed by atoms with Crippen molar-refractivity contribution in [2.75, 3.05) is 6.61 Å². The maximum atomic E-state index is 12.3. The number of carbonyl (C=O) groups excluding carboxylic acids is 1. The Balaban J connectivity index is 1.67. The highest BCUT2D eigenvalue weighted by Crippen LogP contribution is 2.15. The summed E-state index contributed by atoms with van der Waals surface area (Å²) < 4.78 is 5.52. The molecule has 0 atom stereocenters. The first-order valence-electron chi connectivity index (χ1n) is 8.89. The second-order valence-corrected chi connectivity index (χ2v) is 5.97. The molecule has 3 aromatic rings. The van der Waals surface area contributed by atoms with Gasteiger partial charge in [0.1, 0.15) is 11.4 Å². The monoisotopic (exact) mass is 376 g/mol. The Bertz CT molecular complexity index is 1010. The number of amides is 1.